The molecule has 13 aromatic carbocycles. The summed E-state index contributed by atoms with van der Waals surface area (Å²) in [7, 11) is 0. The highest BCUT2D eigenvalue weighted by molar-refractivity contribution is 9.10. The molecule has 0 fully saturated rings. The zero-order chi connectivity index (χ0) is 58.5. The Morgan fingerprint density at radius 3 is 1.12 bits per heavy atom. The van der Waals surface area contributed by atoms with E-state index in [0.717, 1.165) is 55.1 Å². The van der Waals surface area contributed by atoms with Crippen LogP contribution in [0.25, 0.3) is 150 Å². The second-order valence-corrected chi connectivity index (χ2v) is 23.1. The van der Waals surface area contributed by atoms with Crippen molar-refractivity contribution in [3.63, 3.8) is 0 Å². The zero-order valence-electron chi connectivity index (χ0n) is 48.2. The second-order valence-electron chi connectivity index (χ2n) is 22.2. The summed E-state index contributed by atoms with van der Waals surface area (Å²) >= 11 is 3.54. The van der Waals surface area contributed by atoms with Crippen molar-refractivity contribution in [2.45, 2.75) is 0 Å². The molecule has 7 heteroatoms. The van der Waals surface area contributed by atoms with Gasteiger partial charge in [-0.3, -0.25) is 4.70 Å². The molecular formula is C82H55BrFN5. The van der Waals surface area contributed by atoms with E-state index in [0.29, 0.717) is 5.82 Å². The number of nitrogens with zero attached hydrogens (tertiary/aromatic N) is 5. The molecule has 0 atom stereocenters. The van der Waals surface area contributed by atoms with Crippen molar-refractivity contribution in [2.75, 3.05) is 0 Å². The highest BCUT2D eigenvalue weighted by atomic mass is 79.9. The Hall–Kier alpha value is -11.3. The molecule has 17 aromatic rings. The van der Waals surface area contributed by atoms with E-state index >= 15 is 0 Å². The topological polar surface area (TPSA) is 40.6 Å². The summed E-state index contributed by atoms with van der Waals surface area (Å²) in [6, 6.07) is 116. The van der Waals surface area contributed by atoms with Crippen LogP contribution in [-0.4, -0.2) is 23.7 Å². The maximum atomic E-state index is 5.11. The summed E-state index contributed by atoms with van der Waals surface area (Å²) in [5.41, 5.74) is 22.7. The Bertz CT molecular complexity index is 5370. The second kappa shape index (κ2) is 23.2. The minimum absolute atomic E-state index is 0. The molecule has 0 N–H and O–H groups in total. The predicted octanol–water partition coefficient (Wildman–Crippen LogP) is 22.4. The highest BCUT2D eigenvalue weighted by Gasteiger charge is 2.20. The van der Waals surface area contributed by atoms with Crippen molar-refractivity contribution >= 4 is 81.3 Å². The molecule has 5 nitrogen and oxygen atoms in total. The summed E-state index contributed by atoms with van der Waals surface area (Å²) in [5, 5.41) is 7.52. The molecule has 17 rings (SSSR count). The first kappa shape index (κ1) is 54.4. The fraction of sp³-hybridized carbons (Fsp3) is 0. The molecule has 0 radical (unpaired) electrons. The smallest absolute Gasteiger partial charge is 0.160 e. The number of rotatable bonds is 9. The number of para-hydroxylation sites is 5. The van der Waals surface area contributed by atoms with Gasteiger partial charge in [-0.1, -0.05) is 240 Å². The van der Waals surface area contributed by atoms with Gasteiger partial charge < -0.3 is 13.7 Å². The largest absolute Gasteiger partial charge is 0.309 e. The summed E-state index contributed by atoms with van der Waals surface area (Å²) < 4.78 is 8.22. The van der Waals surface area contributed by atoms with Crippen molar-refractivity contribution in [3.8, 4) is 84.3 Å². The maximum Gasteiger partial charge on any atom is 0.160 e. The van der Waals surface area contributed by atoms with E-state index in [-0.39, 0.29) is 4.70 Å². The number of hydrogen-bond acceptors (Lipinski definition) is 2. The minimum Gasteiger partial charge on any atom is -0.309 e. The lowest BCUT2D eigenvalue weighted by Crippen LogP contribution is -1.96. The predicted molar refractivity (Wildman–Crippen MR) is 374 cm³/mol. The van der Waals surface area contributed by atoms with Crippen LogP contribution < -0.4 is 0 Å². The van der Waals surface area contributed by atoms with E-state index in [9.17, 15) is 0 Å². The average molecular weight is 1210 g/mol. The first-order valence-corrected chi connectivity index (χ1v) is 30.5. The lowest BCUT2D eigenvalue weighted by atomic mass is 9.99. The fourth-order valence-electron chi connectivity index (χ4n) is 13.0. The van der Waals surface area contributed by atoms with Gasteiger partial charge in [-0.2, -0.15) is 0 Å². The first-order chi connectivity index (χ1) is 43.6. The average Bonchev–Trinajstić information content (AvgIpc) is 2.75. The van der Waals surface area contributed by atoms with Crippen molar-refractivity contribution < 1.29 is 4.70 Å². The summed E-state index contributed by atoms with van der Waals surface area (Å²) in [6.07, 6.45) is 0. The van der Waals surface area contributed by atoms with Crippen LogP contribution in [0.3, 0.4) is 0 Å². The fourth-order valence-corrected chi connectivity index (χ4v) is 13.3. The first-order valence-electron chi connectivity index (χ1n) is 29.7. The number of hydrogen-bond donors (Lipinski definition) is 0. The Kier molecular flexibility index (Phi) is 14.2. The van der Waals surface area contributed by atoms with Gasteiger partial charge in [0.05, 0.1) is 44.5 Å². The van der Waals surface area contributed by atoms with Crippen LogP contribution in [0.1, 0.15) is 0 Å². The van der Waals surface area contributed by atoms with Crippen molar-refractivity contribution in [1.82, 2.24) is 23.7 Å². The third kappa shape index (κ3) is 9.84. The molecule has 0 aliphatic heterocycles. The Balaban J connectivity index is 0.000000205. The molecule has 0 aliphatic rings. The molecule has 0 saturated heterocycles. The van der Waals surface area contributed by atoms with Gasteiger partial charge >= 0.3 is 0 Å². The van der Waals surface area contributed by atoms with Crippen LogP contribution in [0.4, 0.5) is 4.70 Å². The molecule has 4 aromatic heterocycles. The van der Waals surface area contributed by atoms with Gasteiger partial charge in [0.1, 0.15) is 0 Å². The van der Waals surface area contributed by atoms with Crippen molar-refractivity contribution in [3.05, 3.63) is 332 Å². The van der Waals surface area contributed by atoms with Crippen molar-refractivity contribution in [2.24, 2.45) is 0 Å². The Morgan fingerprint density at radius 1 is 0.236 bits per heavy atom. The third-order valence-corrected chi connectivity index (χ3v) is 17.5. The third-order valence-electron chi connectivity index (χ3n) is 17.0. The zero-order valence-corrected chi connectivity index (χ0v) is 49.8. The van der Waals surface area contributed by atoms with Gasteiger partial charge in [0.15, 0.2) is 5.82 Å². The number of aromatic nitrogens is 5. The van der Waals surface area contributed by atoms with Gasteiger partial charge in [0.2, 0.25) is 0 Å². The van der Waals surface area contributed by atoms with E-state index in [1.165, 1.54) is 93.4 Å². The molecule has 0 bridgehead atoms. The summed E-state index contributed by atoms with van der Waals surface area (Å²) in [4.78, 5) is 10.2. The van der Waals surface area contributed by atoms with Crippen LogP contribution in [0, 0.1) is 0 Å². The van der Waals surface area contributed by atoms with E-state index in [1.807, 2.05) is 12.1 Å². The number of halogens is 2. The molecule has 0 saturated carbocycles. The van der Waals surface area contributed by atoms with Gasteiger partial charge in [-0.15, -0.1) is 0 Å². The van der Waals surface area contributed by atoms with Gasteiger partial charge in [0.25, 0.3) is 0 Å². The SMILES string of the molecule is Brc1ccc(-c2cccc3c2c2ccccc2n3-c2ccccc2)cc1.F.c1ccc(-c2cc(-c3ccccc3)nc(-c3cccc(-c4ccc5c(c4)c4ccccc4n5-c4ccc(-c5cccc6c5c5ccccc5n6-c5ccccc5)cc4)c3)n2)cc1. The Labute approximate surface area is 522 Å². The molecule has 0 unspecified atom stereocenters. The lowest BCUT2D eigenvalue weighted by molar-refractivity contribution is 1.11. The Morgan fingerprint density at radius 2 is 0.596 bits per heavy atom. The summed E-state index contributed by atoms with van der Waals surface area (Å²) in [5.74, 6) is 0.700. The monoisotopic (exact) mass is 1210 g/mol. The van der Waals surface area contributed by atoms with E-state index in [1.54, 1.807) is 0 Å². The molecule has 0 aliphatic carbocycles. The normalized spacial score (nSPS) is 11.3. The van der Waals surface area contributed by atoms with E-state index in [4.69, 9.17) is 9.97 Å². The maximum absolute atomic E-state index is 5.11. The van der Waals surface area contributed by atoms with Crippen LogP contribution >= 0.6 is 15.9 Å². The van der Waals surface area contributed by atoms with Crippen LogP contribution in [0.5, 0.6) is 0 Å². The number of benzene rings is 13. The van der Waals surface area contributed by atoms with E-state index < -0.39 is 0 Å². The summed E-state index contributed by atoms with van der Waals surface area (Å²) in [6.45, 7) is 0. The molecular weight excluding hydrogens is 1150 g/mol. The molecule has 0 amide bonds. The molecule has 4 heterocycles. The standard InChI is InChI=1S/C58H38N4.C24H16BrN.FH/c1-4-16-40(17-5-1)51-38-52(41-18-6-2-7-19-41)60-58(59-51)44-21-14-20-42(36-44)43-32-35-55-50(37-43)48-24-10-12-27-53(48)61(55)46-33-30-39(31-34-46)47-26-15-29-56-57(47)49-25-11-13-28-54(49)62(56)45-22-8-3-9-23-45;25-18-15-13-17(14-16-18)20-10-6-12-23-24(20)21-9-4-5-11-22(21)26(23)19-7-2-1-3-8-19;/h1-38H;1-16H;1H. The number of fused-ring (bicyclic) bond motifs is 9. The van der Waals surface area contributed by atoms with Crippen LogP contribution in [0.2, 0.25) is 0 Å². The van der Waals surface area contributed by atoms with Crippen molar-refractivity contribution in [1.29, 1.82) is 0 Å². The highest BCUT2D eigenvalue weighted by Crippen LogP contribution is 2.42. The van der Waals surface area contributed by atoms with E-state index in [2.05, 4.69) is 345 Å². The molecule has 0 spiro atoms. The minimum atomic E-state index is 0. The van der Waals surface area contributed by atoms with Gasteiger partial charge in [-0.05, 0) is 137 Å². The molecule has 422 valence electrons. The quantitative estimate of drug-likeness (QED) is 0.144. The van der Waals surface area contributed by atoms with Gasteiger partial charge in [-0.25, -0.2) is 9.97 Å². The lowest BCUT2D eigenvalue weighted by Gasteiger charge is -2.12. The molecule has 89 heavy (non-hydrogen) atoms. The van der Waals surface area contributed by atoms with Crippen LogP contribution in [-0.2, 0) is 0 Å². The van der Waals surface area contributed by atoms with Gasteiger partial charge in [0, 0.05) is 70.5 Å². The van der Waals surface area contributed by atoms with Crippen LogP contribution in [0.15, 0.2) is 332 Å².